The number of nitrogens with one attached hydrogen (secondary N) is 3. The Balaban J connectivity index is 1.41. The number of carbonyl (C=O) groups excluding carboxylic acids is 1. The number of aromatic amines is 1. The number of amides is 1. The van der Waals surface area contributed by atoms with Gasteiger partial charge >= 0.3 is 0 Å². The second-order valence-corrected chi connectivity index (χ2v) is 14.4. The summed E-state index contributed by atoms with van der Waals surface area (Å²) in [5.74, 6) is 1.37. The molecule has 3 aromatic heterocycles. The zero-order chi connectivity index (χ0) is 33.5. The lowest BCUT2D eigenvalue weighted by atomic mass is 9.72. The van der Waals surface area contributed by atoms with Crippen molar-refractivity contribution in [2.75, 3.05) is 5.32 Å². The number of nitrogens with zero attached hydrogens (tertiary/aromatic N) is 2. The fourth-order valence-electron chi connectivity index (χ4n) is 8.06. The Kier molecular flexibility index (Phi) is 6.03. The molecule has 3 unspecified atom stereocenters. The van der Waals surface area contributed by atoms with Crippen molar-refractivity contribution in [3.8, 4) is 39.8 Å². The maximum absolute atomic E-state index is 13.6. The summed E-state index contributed by atoms with van der Waals surface area (Å²) in [6.07, 6.45) is 0.355. The van der Waals surface area contributed by atoms with E-state index in [1.165, 1.54) is 0 Å². The highest BCUT2D eigenvalue weighted by molar-refractivity contribution is 6.37. The van der Waals surface area contributed by atoms with Crippen LogP contribution in [-0.4, -0.2) is 33.1 Å². The van der Waals surface area contributed by atoms with Crippen LogP contribution >= 0.6 is 34.8 Å². The van der Waals surface area contributed by atoms with Gasteiger partial charge in [0.25, 0.3) is 5.89 Å². The molecule has 13 heteroatoms. The summed E-state index contributed by atoms with van der Waals surface area (Å²) in [6.45, 7) is 4.08. The van der Waals surface area contributed by atoms with Crippen LogP contribution in [0.25, 0.3) is 44.9 Å². The van der Waals surface area contributed by atoms with Gasteiger partial charge in [-0.15, -0.1) is 0 Å². The van der Waals surface area contributed by atoms with Gasteiger partial charge in [0, 0.05) is 38.3 Å². The highest BCUT2D eigenvalue weighted by atomic mass is 35.5. The van der Waals surface area contributed by atoms with Crippen LogP contribution in [0.5, 0.6) is 5.75 Å². The molecule has 10 rings (SSSR count). The molecule has 10 nitrogen and oxygen atoms in total. The third kappa shape index (κ3) is 3.80. The molecule has 10 bridgehead atoms. The molecule has 1 amide bonds. The summed E-state index contributed by atoms with van der Waals surface area (Å²) < 4.78 is 20.3. The lowest BCUT2D eigenvalue weighted by molar-refractivity contribution is -0.123. The van der Waals surface area contributed by atoms with Crippen LogP contribution in [0.2, 0.25) is 15.3 Å². The number of benzene rings is 3. The first kappa shape index (κ1) is 29.4. The van der Waals surface area contributed by atoms with Gasteiger partial charge in [0.1, 0.15) is 22.4 Å². The first-order chi connectivity index (χ1) is 23.7. The minimum Gasteiger partial charge on any atom is -0.469 e. The van der Waals surface area contributed by atoms with Crippen LogP contribution in [0.4, 0.5) is 5.69 Å². The lowest BCUT2D eigenvalue weighted by Gasteiger charge is -2.28. The standard InChI is InChI=1S/C36H27Cl3N6O4/c1-3-13(2)25-33-43-27-29(49-33)36-18-9-14(10-20(40)32(46)42-25)7-8-22(18)47-35(36)44-26-17(11-15(37)12-19(26)36)16-5-4-6-21-23(16)24(30(38)41-21)28-31(39)45-34(27)48-28/h4-9,11-13,20,25,35,41,44H,3,10,40H2,1-2H3,(H,42,46)/t13?,20-,25-,35?,36?/m0/s1. The van der Waals surface area contributed by atoms with Crippen molar-refractivity contribution in [2.24, 2.45) is 11.7 Å². The van der Waals surface area contributed by atoms with Gasteiger partial charge < -0.3 is 34.9 Å². The van der Waals surface area contributed by atoms with E-state index in [2.05, 4.69) is 15.6 Å². The fourth-order valence-corrected chi connectivity index (χ4v) is 8.77. The molecule has 49 heavy (non-hydrogen) atoms. The molecule has 0 saturated heterocycles. The topological polar surface area (TPSA) is 144 Å². The Morgan fingerprint density at radius 3 is 2.73 bits per heavy atom. The summed E-state index contributed by atoms with van der Waals surface area (Å²) in [4.78, 5) is 26.7. The van der Waals surface area contributed by atoms with Crippen molar-refractivity contribution < 1.29 is 18.4 Å². The van der Waals surface area contributed by atoms with Crippen LogP contribution in [0.15, 0.2) is 57.4 Å². The molecular formula is C36H27Cl3N6O4. The minimum atomic E-state index is -1.12. The molecular weight excluding hydrogens is 687 g/mol. The molecule has 6 aromatic rings. The van der Waals surface area contributed by atoms with Crippen molar-refractivity contribution in [1.82, 2.24) is 20.3 Å². The third-order valence-corrected chi connectivity index (χ3v) is 11.3. The Hall–Kier alpha value is -4.48. The Morgan fingerprint density at radius 2 is 1.90 bits per heavy atom. The normalized spacial score (nSPS) is 23.2. The van der Waals surface area contributed by atoms with Crippen molar-refractivity contribution >= 4 is 57.3 Å². The maximum atomic E-state index is 13.6. The number of oxazole rings is 2. The van der Waals surface area contributed by atoms with E-state index in [4.69, 9.17) is 64.1 Å². The van der Waals surface area contributed by atoms with Gasteiger partial charge in [0.2, 0.25) is 11.8 Å². The summed E-state index contributed by atoms with van der Waals surface area (Å²) in [5.41, 5.74) is 12.0. The highest BCUT2D eigenvalue weighted by Crippen LogP contribution is 2.62. The molecule has 5 atom stereocenters. The SMILES string of the molecule is CCC(C)[C@@H]1NC(=O)[C@@H](N)Cc2ccc3c(c2)C24c5cc(Cl)cc(c5NC2O3)-c2cccc3[nH]c(Cl)c(c23)-c2oc(nc2Cl)-c2nc1oc24. The molecule has 0 aliphatic carbocycles. The number of hydrogen-bond acceptors (Lipinski definition) is 8. The number of hydrogen-bond donors (Lipinski definition) is 4. The van der Waals surface area contributed by atoms with E-state index in [9.17, 15) is 4.79 Å². The number of anilines is 1. The van der Waals surface area contributed by atoms with E-state index in [0.29, 0.717) is 39.4 Å². The summed E-state index contributed by atoms with van der Waals surface area (Å²) in [6, 6.07) is 14.2. The van der Waals surface area contributed by atoms with Crippen molar-refractivity contribution in [2.45, 2.75) is 50.4 Å². The van der Waals surface area contributed by atoms with E-state index in [0.717, 1.165) is 50.8 Å². The van der Waals surface area contributed by atoms with E-state index in [1.54, 1.807) is 0 Å². The fraction of sp³-hybridized carbons (Fsp3) is 0.250. The molecule has 7 heterocycles. The number of H-pyrrole nitrogens is 1. The van der Waals surface area contributed by atoms with Crippen LogP contribution in [0.3, 0.4) is 0 Å². The van der Waals surface area contributed by atoms with E-state index < -0.39 is 23.7 Å². The zero-order valence-electron chi connectivity index (χ0n) is 26.1. The van der Waals surface area contributed by atoms with E-state index >= 15 is 0 Å². The molecule has 4 aliphatic rings. The van der Waals surface area contributed by atoms with Gasteiger partial charge in [-0.3, -0.25) is 4.79 Å². The van der Waals surface area contributed by atoms with Gasteiger partial charge in [0.05, 0.1) is 11.6 Å². The molecule has 246 valence electrons. The lowest BCUT2D eigenvalue weighted by Crippen LogP contribution is -2.45. The summed E-state index contributed by atoms with van der Waals surface area (Å²) in [5, 5.41) is 8.61. The smallest absolute Gasteiger partial charge is 0.250 e. The third-order valence-electron chi connectivity index (χ3n) is 10.6. The number of ether oxygens (including phenoxy) is 1. The number of fused-ring (bicyclic) bond motifs is 7. The van der Waals surface area contributed by atoms with Crippen molar-refractivity contribution in [3.63, 3.8) is 0 Å². The van der Waals surface area contributed by atoms with Gasteiger partial charge in [-0.25, -0.2) is 4.98 Å². The Labute approximate surface area is 294 Å². The zero-order valence-corrected chi connectivity index (χ0v) is 28.3. The number of halogens is 3. The van der Waals surface area contributed by atoms with Gasteiger partial charge in [0.15, 0.2) is 28.6 Å². The second-order valence-electron chi connectivity index (χ2n) is 13.2. The van der Waals surface area contributed by atoms with Gasteiger partial charge in [-0.1, -0.05) is 79.3 Å². The van der Waals surface area contributed by atoms with Crippen LogP contribution in [0, 0.1) is 5.92 Å². The van der Waals surface area contributed by atoms with E-state index in [-0.39, 0.29) is 34.5 Å². The largest absolute Gasteiger partial charge is 0.469 e. The minimum absolute atomic E-state index is 0.0674. The molecule has 0 radical (unpaired) electrons. The van der Waals surface area contributed by atoms with Gasteiger partial charge in [-0.05, 0) is 47.7 Å². The molecule has 3 aromatic carbocycles. The van der Waals surface area contributed by atoms with Crippen LogP contribution < -0.4 is 21.1 Å². The molecule has 1 spiro atoms. The van der Waals surface area contributed by atoms with Crippen molar-refractivity contribution in [1.29, 1.82) is 0 Å². The predicted octanol–water partition coefficient (Wildman–Crippen LogP) is 7.98. The average molecular weight is 714 g/mol. The Morgan fingerprint density at radius 1 is 1.04 bits per heavy atom. The van der Waals surface area contributed by atoms with Crippen LogP contribution in [0.1, 0.15) is 54.7 Å². The molecule has 0 saturated carbocycles. The quantitative estimate of drug-likeness (QED) is 0.141. The summed E-state index contributed by atoms with van der Waals surface area (Å²) in [7, 11) is 0. The first-order valence-corrected chi connectivity index (χ1v) is 17.3. The number of carbonyl (C=O) groups is 1. The van der Waals surface area contributed by atoms with E-state index in [1.807, 2.05) is 62.4 Å². The second kappa shape index (κ2) is 10.0. The maximum Gasteiger partial charge on any atom is 0.250 e. The molecule has 5 N–H and O–H groups in total. The Bertz CT molecular complexity index is 2430. The summed E-state index contributed by atoms with van der Waals surface area (Å²) >= 11 is 20.9. The first-order valence-electron chi connectivity index (χ1n) is 16.1. The van der Waals surface area contributed by atoms with Gasteiger partial charge in [-0.2, -0.15) is 4.98 Å². The predicted molar refractivity (Wildman–Crippen MR) is 186 cm³/mol. The van der Waals surface area contributed by atoms with Crippen LogP contribution in [-0.2, 0) is 16.6 Å². The number of nitrogens with two attached hydrogens (primary N) is 1. The number of rotatable bonds is 2. The molecule has 0 fully saturated rings. The average Bonchev–Trinajstić information content (AvgIpc) is 3.88. The number of aromatic nitrogens is 3. The monoisotopic (exact) mass is 712 g/mol. The highest BCUT2D eigenvalue weighted by Gasteiger charge is 2.62. The molecule has 4 aliphatic heterocycles. The van der Waals surface area contributed by atoms with Crippen molar-refractivity contribution in [3.05, 3.63) is 92.2 Å².